The Bertz CT molecular complexity index is 1080. The molecule has 2 heterocycles. The Morgan fingerprint density at radius 2 is 1.65 bits per heavy atom. The van der Waals surface area contributed by atoms with E-state index in [2.05, 4.69) is 15.2 Å². The molecular weight excluding hydrogens is 399 g/mol. The largest absolute Gasteiger partial charge is 0.478 e. The number of carboxylic acid groups (broad SMARTS) is 1. The quantitative estimate of drug-likeness (QED) is 0.657. The Hall–Kier alpha value is -3.94. The Labute approximate surface area is 178 Å². The molecular formula is C23H21FN4O3. The standard InChI is InChI=1S/C23H21FN4O3/c24-17-6-4-16(5-7-17)22(29)26-18-8-9-20(19(15-18)23(30)31)27-11-13-28(14-12-27)21-3-1-2-10-25-21/h1-10,15H,11-14H2,(H,26,29)(H,30,31). The SMILES string of the molecule is O=C(Nc1ccc(N2CCN(c3ccccn3)CC2)c(C(=O)O)c1)c1ccc(F)cc1. The molecule has 0 aliphatic carbocycles. The number of carbonyl (C=O) groups is 2. The van der Waals surface area contributed by atoms with Gasteiger partial charge in [-0.1, -0.05) is 6.07 Å². The monoisotopic (exact) mass is 420 g/mol. The molecule has 1 fully saturated rings. The van der Waals surface area contributed by atoms with Crippen LogP contribution in [0.3, 0.4) is 0 Å². The summed E-state index contributed by atoms with van der Waals surface area (Å²) in [5.74, 6) is -1.04. The van der Waals surface area contributed by atoms with Crippen molar-refractivity contribution in [3.63, 3.8) is 0 Å². The molecule has 4 rings (SSSR count). The molecule has 1 aromatic heterocycles. The fourth-order valence-corrected chi connectivity index (χ4v) is 3.58. The van der Waals surface area contributed by atoms with Crippen LogP contribution in [0.5, 0.6) is 0 Å². The summed E-state index contributed by atoms with van der Waals surface area (Å²) in [6.07, 6.45) is 1.75. The van der Waals surface area contributed by atoms with Crippen LogP contribution in [0.25, 0.3) is 0 Å². The minimum atomic E-state index is -1.07. The summed E-state index contributed by atoms with van der Waals surface area (Å²) in [6, 6.07) is 15.7. The van der Waals surface area contributed by atoms with Gasteiger partial charge in [0.05, 0.1) is 11.3 Å². The number of anilines is 3. The lowest BCUT2D eigenvalue weighted by Crippen LogP contribution is -2.47. The van der Waals surface area contributed by atoms with E-state index in [9.17, 15) is 19.1 Å². The number of carbonyl (C=O) groups excluding carboxylic acids is 1. The van der Waals surface area contributed by atoms with Crippen LogP contribution in [0.2, 0.25) is 0 Å². The number of carboxylic acids is 1. The minimum Gasteiger partial charge on any atom is -0.478 e. The molecule has 0 spiro atoms. The maximum absolute atomic E-state index is 13.1. The molecule has 2 N–H and O–H groups in total. The predicted octanol–water partition coefficient (Wildman–Crippen LogP) is 3.50. The number of aromatic nitrogens is 1. The summed E-state index contributed by atoms with van der Waals surface area (Å²) in [5, 5.41) is 12.4. The molecule has 0 atom stereocenters. The second-order valence-corrected chi connectivity index (χ2v) is 7.16. The Morgan fingerprint density at radius 1 is 0.935 bits per heavy atom. The third-order valence-corrected chi connectivity index (χ3v) is 5.18. The van der Waals surface area contributed by atoms with Crippen LogP contribution in [-0.4, -0.2) is 48.1 Å². The predicted molar refractivity (Wildman–Crippen MR) is 116 cm³/mol. The van der Waals surface area contributed by atoms with Crippen LogP contribution < -0.4 is 15.1 Å². The van der Waals surface area contributed by atoms with Crippen molar-refractivity contribution < 1.29 is 19.1 Å². The van der Waals surface area contributed by atoms with Crippen LogP contribution in [0.4, 0.5) is 21.6 Å². The van der Waals surface area contributed by atoms with E-state index in [1.165, 1.54) is 30.3 Å². The van der Waals surface area contributed by atoms with Crippen LogP contribution in [0.1, 0.15) is 20.7 Å². The van der Waals surface area contributed by atoms with E-state index >= 15 is 0 Å². The van der Waals surface area contributed by atoms with Gasteiger partial charge < -0.3 is 20.2 Å². The maximum Gasteiger partial charge on any atom is 0.337 e. The molecule has 1 amide bonds. The average Bonchev–Trinajstić information content (AvgIpc) is 2.80. The van der Waals surface area contributed by atoms with Crippen LogP contribution >= 0.6 is 0 Å². The number of hydrogen-bond donors (Lipinski definition) is 2. The molecule has 2 aromatic carbocycles. The van der Waals surface area contributed by atoms with Gasteiger partial charge in [-0.3, -0.25) is 4.79 Å². The third kappa shape index (κ3) is 4.63. The first-order valence-corrected chi connectivity index (χ1v) is 9.86. The van der Waals surface area contributed by atoms with Gasteiger partial charge in [0.15, 0.2) is 0 Å². The third-order valence-electron chi connectivity index (χ3n) is 5.18. The lowest BCUT2D eigenvalue weighted by atomic mass is 10.1. The summed E-state index contributed by atoms with van der Waals surface area (Å²) in [7, 11) is 0. The van der Waals surface area contributed by atoms with E-state index in [1.807, 2.05) is 23.1 Å². The van der Waals surface area contributed by atoms with Crippen molar-refractivity contribution in [2.24, 2.45) is 0 Å². The molecule has 7 nitrogen and oxygen atoms in total. The van der Waals surface area contributed by atoms with E-state index in [0.717, 1.165) is 18.9 Å². The average molecular weight is 420 g/mol. The zero-order chi connectivity index (χ0) is 21.8. The van der Waals surface area contributed by atoms with Crippen molar-refractivity contribution in [1.82, 2.24) is 4.98 Å². The number of halogens is 1. The van der Waals surface area contributed by atoms with E-state index in [1.54, 1.807) is 18.3 Å². The van der Waals surface area contributed by atoms with Gasteiger partial charge >= 0.3 is 5.97 Å². The van der Waals surface area contributed by atoms with Gasteiger partial charge in [0, 0.05) is 43.6 Å². The van der Waals surface area contributed by atoms with Crippen LogP contribution in [-0.2, 0) is 0 Å². The summed E-state index contributed by atoms with van der Waals surface area (Å²) in [5.41, 5.74) is 1.37. The molecule has 0 bridgehead atoms. The van der Waals surface area contributed by atoms with Gasteiger partial charge in [-0.2, -0.15) is 0 Å². The number of amides is 1. The summed E-state index contributed by atoms with van der Waals surface area (Å²) >= 11 is 0. The molecule has 8 heteroatoms. The van der Waals surface area contributed by atoms with Gasteiger partial charge in [-0.05, 0) is 54.6 Å². The fraction of sp³-hybridized carbons (Fsp3) is 0.174. The maximum atomic E-state index is 13.1. The van der Waals surface area contributed by atoms with Gasteiger partial charge in [-0.25, -0.2) is 14.2 Å². The Kier molecular flexibility index (Phi) is 5.79. The highest BCUT2D eigenvalue weighted by Gasteiger charge is 2.22. The van der Waals surface area contributed by atoms with Gasteiger partial charge in [0.1, 0.15) is 11.6 Å². The number of pyridine rings is 1. The zero-order valence-corrected chi connectivity index (χ0v) is 16.7. The first kappa shape index (κ1) is 20.3. The van der Waals surface area contributed by atoms with Crippen molar-refractivity contribution in [3.8, 4) is 0 Å². The first-order valence-electron chi connectivity index (χ1n) is 9.86. The summed E-state index contributed by atoms with van der Waals surface area (Å²) in [6.45, 7) is 2.74. The molecule has 1 aliphatic rings. The van der Waals surface area contributed by atoms with Crippen molar-refractivity contribution in [2.75, 3.05) is 41.3 Å². The second kappa shape index (κ2) is 8.83. The highest BCUT2D eigenvalue weighted by atomic mass is 19.1. The van der Waals surface area contributed by atoms with Crippen molar-refractivity contribution in [3.05, 3.63) is 83.8 Å². The number of nitrogens with one attached hydrogen (secondary N) is 1. The van der Waals surface area contributed by atoms with E-state index in [4.69, 9.17) is 0 Å². The number of nitrogens with zero attached hydrogens (tertiary/aromatic N) is 3. The highest BCUT2D eigenvalue weighted by molar-refractivity contribution is 6.05. The molecule has 31 heavy (non-hydrogen) atoms. The highest BCUT2D eigenvalue weighted by Crippen LogP contribution is 2.27. The Balaban J connectivity index is 1.48. The molecule has 3 aromatic rings. The number of piperazine rings is 1. The molecule has 1 aliphatic heterocycles. The first-order chi connectivity index (χ1) is 15.0. The number of hydrogen-bond acceptors (Lipinski definition) is 5. The molecule has 1 saturated heterocycles. The van der Waals surface area contributed by atoms with Crippen molar-refractivity contribution in [1.29, 1.82) is 0 Å². The van der Waals surface area contributed by atoms with Crippen molar-refractivity contribution >= 4 is 29.1 Å². The van der Waals surface area contributed by atoms with E-state index in [-0.39, 0.29) is 11.1 Å². The van der Waals surface area contributed by atoms with Crippen LogP contribution in [0.15, 0.2) is 66.9 Å². The molecule has 0 radical (unpaired) electrons. The number of benzene rings is 2. The zero-order valence-electron chi connectivity index (χ0n) is 16.7. The lowest BCUT2D eigenvalue weighted by Gasteiger charge is -2.37. The molecule has 0 saturated carbocycles. The van der Waals surface area contributed by atoms with Gasteiger partial charge in [0.25, 0.3) is 5.91 Å². The number of aromatic carboxylic acids is 1. The van der Waals surface area contributed by atoms with Crippen molar-refractivity contribution in [2.45, 2.75) is 0 Å². The minimum absolute atomic E-state index is 0.114. The summed E-state index contributed by atoms with van der Waals surface area (Å²) in [4.78, 5) is 32.8. The normalized spacial score (nSPS) is 13.7. The summed E-state index contributed by atoms with van der Waals surface area (Å²) < 4.78 is 13.1. The second-order valence-electron chi connectivity index (χ2n) is 7.16. The fourth-order valence-electron chi connectivity index (χ4n) is 3.58. The molecule has 158 valence electrons. The topological polar surface area (TPSA) is 85.8 Å². The smallest absolute Gasteiger partial charge is 0.337 e. The van der Waals surface area contributed by atoms with E-state index in [0.29, 0.717) is 24.5 Å². The number of rotatable bonds is 5. The van der Waals surface area contributed by atoms with Gasteiger partial charge in [-0.15, -0.1) is 0 Å². The Morgan fingerprint density at radius 3 is 2.29 bits per heavy atom. The molecule has 0 unspecified atom stereocenters. The lowest BCUT2D eigenvalue weighted by molar-refractivity contribution is 0.0697. The van der Waals surface area contributed by atoms with Crippen LogP contribution in [0, 0.1) is 5.82 Å². The van der Waals surface area contributed by atoms with E-state index < -0.39 is 17.7 Å². The van der Waals surface area contributed by atoms with Gasteiger partial charge in [0.2, 0.25) is 0 Å².